The minimum atomic E-state index is -0.448. The molecule has 134 valence electrons. The van der Waals surface area contributed by atoms with Crippen molar-refractivity contribution >= 4 is 6.09 Å². The van der Waals surface area contributed by atoms with E-state index in [4.69, 9.17) is 10.5 Å². The van der Waals surface area contributed by atoms with Gasteiger partial charge >= 0.3 is 6.09 Å². The summed E-state index contributed by atoms with van der Waals surface area (Å²) in [6.07, 6.45) is 4.09. The lowest BCUT2D eigenvalue weighted by Crippen LogP contribution is -2.50. The first-order chi connectivity index (χ1) is 11.2. The van der Waals surface area contributed by atoms with E-state index in [0.29, 0.717) is 13.1 Å². The molecule has 0 spiro atoms. The number of hydrogen-bond donors (Lipinski definition) is 1. The monoisotopic (exact) mass is 335 g/mol. The maximum Gasteiger partial charge on any atom is 0.410 e. The second-order valence-corrected chi connectivity index (χ2v) is 7.29. The summed E-state index contributed by atoms with van der Waals surface area (Å²) in [4.78, 5) is 24.7. The number of nitrogens with two attached hydrogens (primary N) is 1. The smallest absolute Gasteiger partial charge is 0.410 e. The average molecular weight is 335 g/mol. The quantitative estimate of drug-likeness (QED) is 0.902. The number of rotatable bonds is 4. The van der Waals surface area contributed by atoms with Gasteiger partial charge in [0.05, 0.1) is 17.6 Å². The lowest BCUT2D eigenvalue weighted by molar-refractivity contribution is 0.0143. The van der Waals surface area contributed by atoms with Crippen LogP contribution in [0.4, 0.5) is 4.79 Å². The van der Waals surface area contributed by atoms with E-state index in [1.54, 1.807) is 17.3 Å². The fourth-order valence-corrected chi connectivity index (χ4v) is 2.54. The summed E-state index contributed by atoms with van der Waals surface area (Å²) in [7, 11) is 0. The molecule has 1 aliphatic heterocycles. The molecule has 1 unspecified atom stereocenters. The Labute approximate surface area is 144 Å². The molecule has 0 aliphatic carbocycles. The molecule has 2 heterocycles. The van der Waals surface area contributed by atoms with Crippen molar-refractivity contribution in [1.29, 1.82) is 0 Å². The molecule has 1 amide bonds. The number of hydrogen-bond acceptors (Lipinski definition) is 6. The van der Waals surface area contributed by atoms with Gasteiger partial charge in [0, 0.05) is 45.0 Å². The number of aromatic nitrogens is 2. The van der Waals surface area contributed by atoms with Crippen molar-refractivity contribution in [3.8, 4) is 0 Å². The highest BCUT2D eigenvalue weighted by Crippen LogP contribution is 2.14. The van der Waals surface area contributed by atoms with Crippen LogP contribution in [0.3, 0.4) is 0 Å². The summed E-state index contributed by atoms with van der Waals surface area (Å²) in [6.45, 7) is 11.5. The van der Waals surface area contributed by atoms with E-state index in [9.17, 15) is 4.79 Å². The molecule has 7 nitrogen and oxygen atoms in total. The first-order valence-electron chi connectivity index (χ1n) is 8.49. The second-order valence-electron chi connectivity index (χ2n) is 7.29. The molecule has 24 heavy (non-hydrogen) atoms. The maximum absolute atomic E-state index is 12.0. The molecule has 0 aromatic carbocycles. The highest BCUT2D eigenvalue weighted by molar-refractivity contribution is 5.68. The van der Waals surface area contributed by atoms with Crippen molar-refractivity contribution < 1.29 is 9.53 Å². The number of amides is 1. The maximum atomic E-state index is 12.0. The minimum absolute atomic E-state index is 0.109. The molecule has 2 rings (SSSR count). The largest absolute Gasteiger partial charge is 0.444 e. The third kappa shape index (κ3) is 5.72. The molecular formula is C17H29N5O2. The summed E-state index contributed by atoms with van der Waals surface area (Å²) in [6, 6.07) is -0.109. The van der Waals surface area contributed by atoms with Crippen molar-refractivity contribution in [2.75, 3.05) is 32.7 Å². The molecule has 7 heteroatoms. The Morgan fingerprint density at radius 3 is 2.46 bits per heavy atom. The zero-order chi connectivity index (χ0) is 17.7. The number of nitrogens with zero attached hydrogens (tertiary/aromatic N) is 4. The Bertz CT molecular complexity index is 533. The molecule has 1 fully saturated rings. The van der Waals surface area contributed by atoms with Crippen molar-refractivity contribution in [3.05, 3.63) is 23.8 Å². The van der Waals surface area contributed by atoms with Gasteiger partial charge < -0.3 is 15.4 Å². The number of carbonyl (C=O) groups excluding carboxylic acids is 1. The molecular weight excluding hydrogens is 306 g/mol. The molecule has 0 radical (unpaired) electrons. The summed E-state index contributed by atoms with van der Waals surface area (Å²) in [5, 5.41) is 0. The number of piperazine rings is 1. The Kier molecular flexibility index (Phi) is 6.12. The van der Waals surface area contributed by atoms with E-state index in [2.05, 4.69) is 14.9 Å². The average Bonchev–Trinajstić information content (AvgIpc) is 2.52. The van der Waals surface area contributed by atoms with Gasteiger partial charge in [-0.25, -0.2) is 4.79 Å². The van der Waals surface area contributed by atoms with Crippen molar-refractivity contribution in [2.24, 2.45) is 5.73 Å². The van der Waals surface area contributed by atoms with Crippen molar-refractivity contribution in [3.63, 3.8) is 0 Å². The van der Waals surface area contributed by atoms with Crippen LogP contribution in [-0.2, 0) is 4.74 Å². The van der Waals surface area contributed by atoms with Crippen LogP contribution in [0.5, 0.6) is 0 Å². The van der Waals surface area contributed by atoms with Gasteiger partial charge in [-0.2, -0.15) is 0 Å². The van der Waals surface area contributed by atoms with E-state index in [-0.39, 0.29) is 12.1 Å². The van der Waals surface area contributed by atoms with Gasteiger partial charge in [-0.1, -0.05) is 0 Å². The van der Waals surface area contributed by atoms with Gasteiger partial charge in [0.2, 0.25) is 0 Å². The number of ether oxygens (including phenoxy) is 1. The zero-order valence-corrected chi connectivity index (χ0v) is 15.2. The summed E-state index contributed by atoms with van der Waals surface area (Å²) in [5.41, 5.74) is 7.46. The fourth-order valence-electron chi connectivity index (χ4n) is 2.54. The molecule has 1 aromatic heterocycles. The highest BCUT2D eigenvalue weighted by Gasteiger charge is 2.25. The van der Waals surface area contributed by atoms with Crippen LogP contribution < -0.4 is 5.73 Å². The first-order valence-corrected chi connectivity index (χ1v) is 8.49. The van der Waals surface area contributed by atoms with E-state index in [0.717, 1.165) is 37.4 Å². The first kappa shape index (κ1) is 18.6. The normalized spacial score (nSPS) is 17.6. The van der Waals surface area contributed by atoms with E-state index in [1.165, 1.54) is 0 Å². The van der Waals surface area contributed by atoms with Gasteiger partial charge in [-0.05, 0) is 34.1 Å². The summed E-state index contributed by atoms with van der Waals surface area (Å²) < 4.78 is 5.41. The van der Waals surface area contributed by atoms with Crippen LogP contribution in [-0.4, -0.2) is 64.2 Å². The number of carbonyl (C=O) groups is 1. The summed E-state index contributed by atoms with van der Waals surface area (Å²) >= 11 is 0. The Morgan fingerprint density at radius 1 is 1.25 bits per heavy atom. The van der Waals surface area contributed by atoms with Crippen LogP contribution in [0, 0.1) is 6.92 Å². The lowest BCUT2D eigenvalue weighted by Gasteiger charge is -2.35. The predicted octanol–water partition coefficient (Wildman–Crippen LogP) is 1.73. The van der Waals surface area contributed by atoms with Crippen LogP contribution in [0.2, 0.25) is 0 Å². The van der Waals surface area contributed by atoms with Crippen LogP contribution in [0.25, 0.3) is 0 Å². The van der Waals surface area contributed by atoms with Crippen LogP contribution >= 0.6 is 0 Å². The van der Waals surface area contributed by atoms with Crippen LogP contribution in [0.1, 0.15) is 44.6 Å². The predicted molar refractivity (Wildman–Crippen MR) is 92.6 cm³/mol. The molecule has 1 saturated heterocycles. The van der Waals surface area contributed by atoms with Gasteiger partial charge in [0.1, 0.15) is 5.60 Å². The lowest BCUT2D eigenvalue weighted by atomic mass is 10.1. The number of aryl methyl sites for hydroxylation is 1. The van der Waals surface area contributed by atoms with Crippen LogP contribution in [0.15, 0.2) is 12.4 Å². The van der Waals surface area contributed by atoms with Gasteiger partial charge in [-0.3, -0.25) is 14.9 Å². The highest BCUT2D eigenvalue weighted by atomic mass is 16.6. The molecule has 1 atom stereocenters. The molecule has 1 aromatic rings. The van der Waals surface area contributed by atoms with Crippen molar-refractivity contribution in [1.82, 2.24) is 19.8 Å². The zero-order valence-electron chi connectivity index (χ0n) is 15.2. The molecule has 2 N–H and O–H groups in total. The Morgan fingerprint density at radius 2 is 1.92 bits per heavy atom. The minimum Gasteiger partial charge on any atom is -0.444 e. The van der Waals surface area contributed by atoms with Gasteiger partial charge in [0.15, 0.2) is 0 Å². The third-order valence-electron chi connectivity index (χ3n) is 3.96. The Hall–Kier alpha value is -1.73. The van der Waals surface area contributed by atoms with Crippen molar-refractivity contribution in [2.45, 2.75) is 45.8 Å². The van der Waals surface area contributed by atoms with Gasteiger partial charge in [0.25, 0.3) is 0 Å². The van der Waals surface area contributed by atoms with E-state index < -0.39 is 5.60 Å². The molecule has 0 saturated carbocycles. The Balaban J connectivity index is 1.73. The SMILES string of the molecule is Cc1cnc(C(N)CCN2CCN(C(=O)OC(C)(C)C)CC2)cn1. The van der Waals surface area contributed by atoms with E-state index >= 15 is 0 Å². The topological polar surface area (TPSA) is 84.6 Å². The molecule has 0 bridgehead atoms. The summed E-state index contributed by atoms with van der Waals surface area (Å²) in [5.74, 6) is 0. The third-order valence-corrected chi connectivity index (χ3v) is 3.96. The molecule has 1 aliphatic rings. The second kappa shape index (κ2) is 7.90. The fraction of sp³-hybridized carbons (Fsp3) is 0.706. The van der Waals surface area contributed by atoms with E-state index in [1.807, 2.05) is 27.7 Å². The van der Waals surface area contributed by atoms with Gasteiger partial charge in [-0.15, -0.1) is 0 Å². The standard InChI is InChI=1S/C17H29N5O2/c1-13-11-20-15(12-19-13)14(18)5-6-21-7-9-22(10-8-21)16(23)24-17(2,3)4/h11-12,14H,5-10,18H2,1-4H3.